The molecule has 1 aliphatic rings. The number of benzene rings is 1. The van der Waals surface area contributed by atoms with Crippen LogP contribution in [-0.2, 0) is 19.7 Å². The Labute approximate surface area is 227 Å². The van der Waals surface area contributed by atoms with Gasteiger partial charge in [0.1, 0.15) is 23.9 Å². The summed E-state index contributed by atoms with van der Waals surface area (Å²) in [6.45, 7) is 5.41. The number of carbonyl (C=O) groups is 2. The normalized spacial score (nSPS) is 24.3. The lowest BCUT2D eigenvalue weighted by atomic mass is 9.65. The number of nitriles is 1. The van der Waals surface area contributed by atoms with Gasteiger partial charge in [-0.05, 0) is 39.4 Å². The van der Waals surface area contributed by atoms with Crippen LogP contribution in [0.1, 0.15) is 50.9 Å². The van der Waals surface area contributed by atoms with Crippen molar-refractivity contribution < 1.29 is 23.8 Å². The maximum absolute atomic E-state index is 15.5. The summed E-state index contributed by atoms with van der Waals surface area (Å²) in [5.41, 5.74) is 3.20. The Balaban J connectivity index is 2.18. The van der Waals surface area contributed by atoms with Crippen LogP contribution >= 0.6 is 27.5 Å². The van der Waals surface area contributed by atoms with Crippen LogP contribution in [0.25, 0.3) is 0 Å². The lowest BCUT2D eigenvalue weighted by Crippen LogP contribution is -2.45. The average Bonchev–Trinajstić information content (AvgIpc) is 3.12. The molecule has 1 saturated heterocycles. The smallest absolute Gasteiger partial charge is 0.323 e. The summed E-state index contributed by atoms with van der Waals surface area (Å²) in [5, 5.41) is 23.7. The molecule has 4 N–H and O–H groups in total. The van der Waals surface area contributed by atoms with Gasteiger partial charge in [0, 0.05) is 24.4 Å². The van der Waals surface area contributed by atoms with Gasteiger partial charge >= 0.3 is 5.97 Å². The molecule has 1 fully saturated rings. The van der Waals surface area contributed by atoms with Crippen molar-refractivity contribution in [3.63, 3.8) is 0 Å². The summed E-state index contributed by atoms with van der Waals surface area (Å²) in [6.07, 6.45) is 1.64. The third kappa shape index (κ3) is 6.26. The molecule has 3 rings (SSSR count). The van der Waals surface area contributed by atoms with E-state index in [0.717, 1.165) is 0 Å². The van der Waals surface area contributed by atoms with Crippen LogP contribution < -0.4 is 11.1 Å². The molecule has 37 heavy (non-hydrogen) atoms. The Morgan fingerprint density at radius 3 is 2.59 bits per heavy atom. The number of nitrogens with zero attached hydrogens (tertiary/aromatic N) is 3. The summed E-state index contributed by atoms with van der Waals surface area (Å²) in [7, 11) is 0. The molecule has 5 atom stereocenters. The summed E-state index contributed by atoms with van der Waals surface area (Å²) in [4.78, 5) is 33.3. The van der Waals surface area contributed by atoms with Gasteiger partial charge in [0.25, 0.3) is 0 Å². The fraction of sp³-hybridized carbons (Fsp3) is 0.480. The first-order valence-electron chi connectivity index (χ1n) is 11.5. The number of amides is 1. The van der Waals surface area contributed by atoms with Crippen LogP contribution in [0.2, 0.25) is 5.02 Å². The van der Waals surface area contributed by atoms with Crippen molar-refractivity contribution in [2.75, 3.05) is 6.61 Å². The number of hydrogen-bond acceptors (Lipinski definition) is 8. The predicted octanol–water partition coefficient (Wildman–Crippen LogP) is 3.13. The molecule has 0 unspecified atom stereocenters. The number of primary amides is 1. The average molecular weight is 597 g/mol. The van der Waals surface area contributed by atoms with Crippen molar-refractivity contribution in [2.45, 2.75) is 63.1 Å². The number of nitrogens with two attached hydrogens (primary N) is 1. The standard InChI is InChI=1S/C25H28BrClFN5O4/c1-24(2,3)8-17-25(12-29,23-31-9-13(26)10-32-23)19(15-5-4-6-16(27)20(15)28)21(33-17)22(36)37-11-14(34)7-18(30)35/h4-6,9-10,14,17,19,21,33-34H,7-8,11H2,1-3H3,(H2,30,35)/t14-,17-,19-,21+,25+/m0/s1. The monoisotopic (exact) mass is 595 g/mol. The highest BCUT2D eigenvalue weighted by Gasteiger charge is 2.62. The number of aliphatic hydroxyl groups excluding tert-OH is 1. The largest absolute Gasteiger partial charge is 0.462 e. The van der Waals surface area contributed by atoms with Crippen molar-refractivity contribution >= 4 is 39.4 Å². The Kier molecular flexibility index (Phi) is 8.90. The number of carbonyl (C=O) groups excluding carboxylic acids is 2. The van der Waals surface area contributed by atoms with Crippen LogP contribution in [-0.4, -0.2) is 51.7 Å². The molecule has 1 aliphatic heterocycles. The fourth-order valence-electron chi connectivity index (χ4n) is 4.72. The summed E-state index contributed by atoms with van der Waals surface area (Å²) in [6, 6.07) is 4.75. The highest BCUT2D eigenvalue weighted by atomic mass is 79.9. The Morgan fingerprint density at radius 1 is 1.38 bits per heavy atom. The molecule has 1 amide bonds. The minimum atomic E-state index is -1.60. The maximum atomic E-state index is 15.5. The molecule has 1 aromatic heterocycles. The first kappa shape index (κ1) is 28.9. The van der Waals surface area contributed by atoms with Gasteiger partial charge in [0.15, 0.2) is 5.82 Å². The predicted molar refractivity (Wildman–Crippen MR) is 137 cm³/mol. The van der Waals surface area contributed by atoms with Crippen LogP contribution in [0.5, 0.6) is 0 Å². The molecule has 0 radical (unpaired) electrons. The molecule has 0 spiro atoms. The van der Waals surface area contributed by atoms with E-state index in [-0.39, 0.29) is 21.8 Å². The molecule has 0 aliphatic carbocycles. The summed E-state index contributed by atoms with van der Waals surface area (Å²) < 4.78 is 21.4. The van der Waals surface area contributed by atoms with Crippen molar-refractivity contribution in [3.8, 4) is 6.07 Å². The van der Waals surface area contributed by atoms with E-state index < -0.39 is 60.2 Å². The molecule has 1 aromatic carbocycles. The Morgan fingerprint density at radius 2 is 2.03 bits per heavy atom. The van der Waals surface area contributed by atoms with Crippen molar-refractivity contribution in [3.05, 3.63) is 57.3 Å². The lowest BCUT2D eigenvalue weighted by Gasteiger charge is -2.35. The zero-order valence-corrected chi connectivity index (χ0v) is 22.9. The fourth-order valence-corrected chi connectivity index (χ4v) is 5.11. The van der Waals surface area contributed by atoms with Gasteiger partial charge in [0.05, 0.1) is 28.1 Å². The molecule has 0 saturated carbocycles. The van der Waals surface area contributed by atoms with E-state index in [0.29, 0.717) is 10.9 Å². The number of halogens is 3. The van der Waals surface area contributed by atoms with Gasteiger partial charge in [-0.1, -0.05) is 44.5 Å². The summed E-state index contributed by atoms with van der Waals surface area (Å²) >= 11 is 9.40. The SMILES string of the molecule is CC(C)(C)C[C@@H]1N[C@@H](C(=O)OC[C@@H](O)CC(N)=O)[C@H](c2cccc(Cl)c2F)[C@]1(C#N)c1ncc(Br)cn1. The molecule has 9 nitrogen and oxygen atoms in total. The molecular weight excluding hydrogens is 569 g/mol. The zero-order valence-electron chi connectivity index (χ0n) is 20.5. The van der Waals surface area contributed by atoms with Gasteiger partial charge in [0.2, 0.25) is 5.91 Å². The van der Waals surface area contributed by atoms with E-state index >= 15 is 4.39 Å². The maximum Gasteiger partial charge on any atom is 0.323 e. The van der Waals surface area contributed by atoms with Crippen LogP contribution in [0.15, 0.2) is 35.1 Å². The molecular formula is C25H28BrClFN5O4. The highest BCUT2D eigenvalue weighted by molar-refractivity contribution is 9.10. The number of aromatic nitrogens is 2. The molecule has 2 heterocycles. The van der Waals surface area contributed by atoms with E-state index in [2.05, 4.69) is 37.3 Å². The third-order valence-corrected chi connectivity index (χ3v) is 6.87. The van der Waals surface area contributed by atoms with E-state index in [1.807, 2.05) is 20.8 Å². The van der Waals surface area contributed by atoms with Gasteiger partial charge in [-0.3, -0.25) is 14.9 Å². The molecule has 0 bridgehead atoms. The first-order valence-corrected chi connectivity index (χ1v) is 12.7. The second-order valence-electron chi connectivity index (χ2n) is 10.2. The highest BCUT2D eigenvalue weighted by Crippen LogP contribution is 2.51. The van der Waals surface area contributed by atoms with Crippen LogP contribution in [0.3, 0.4) is 0 Å². The van der Waals surface area contributed by atoms with E-state index in [4.69, 9.17) is 22.1 Å². The number of esters is 1. The van der Waals surface area contributed by atoms with Crippen molar-refractivity contribution in [2.24, 2.45) is 11.1 Å². The van der Waals surface area contributed by atoms with E-state index in [9.17, 15) is 20.0 Å². The molecule has 12 heteroatoms. The number of rotatable bonds is 8. The van der Waals surface area contributed by atoms with Crippen LogP contribution in [0, 0.1) is 22.6 Å². The number of aliphatic hydroxyl groups is 1. The third-order valence-electron chi connectivity index (χ3n) is 6.17. The number of ether oxygens (including phenoxy) is 1. The lowest BCUT2D eigenvalue weighted by molar-refractivity contribution is -0.150. The van der Waals surface area contributed by atoms with Crippen LogP contribution in [0.4, 0.5) is 4.39 Å². The minimum absolute atomic E-state index is 0.0177. The van der Waals surface area contributed by atoms with Gasteiger partial charge in [-0.25, -0.2) is 14.4 Å². The molecule has 2 aromatic rings. The number of nitrogens with one attached hydrogen (secondary N) is 1. The van der Waals surface area contributed by atoms with Gasteiger partial charge < -0.3 is 15.6 Å². The quantitative estimate of drug-likeness (QED) is 0.393. The zero-order chi connectivity index (χ0) is 27.5. The second kappa shape index (κ2) is 11.4. The van der Waals surface area contributed by atoms with Gasteiger partial charge in [-0.2, -0.15) is 5.26 Å². The Hall–Kier alpha value is -2.65. The minimum Gasteiger partial charge on any atom is -0.462 e. The number of hydrogen-bond donors (Lipinski definition) is 3. The topological polar surface area (TPSA) is 151 Å². The van der Waals surface area contributed by atoms with Gasteiger partial charge in [-0.15, -0.1) is 0 Å². The Bertz CT molecular complexity index is 1200. The molecule has 198 valence electrons. The summed E-state index contributed by atoms with van der Waals surface area (Å²) in [5.74, 6) is -3.43. The second-order valence-corrected chi connectivity index (χ2v) is 11.6. The van der Waals surface area contributed by atoms with Crippen molar-refractivity contribution in [1.82, 2.24) is 15.3 Å². The first-order chi connectivity index (χ1) is 17.3. The van der Waals surface area contributed by atoms with E-state index in [1.54, 1.807) is 0 Å². The van der Waals surface area contributed by atoms with Crippen molar-refractivity contribution in [1.29, 1.82) is 5.26 Å². The van der Waals surface area contributed by atoms with E-state index in [1.165, 1.54) is 30.6 Å².